The van der Waals surface area contributed by atoms with Crippen LogP contribution in [0.25, 0.3) is 77.2 Å². The first-order valence-corrected chi connectivity index (χ1v) is 24.2. The first-order valence-electron chi connectivity index (χ1n) is 24.2. The molecule has 332 valence electrons. The molecule has 1 heterocycles. The fourth-order valence-corrected chi connectivity index (χ4v) is 11.2. The molecular weight excluding hydrogens is 849 g/mol. The lowest BCUT2D eigenvalue weighted by Crippen LogP contribution is -2.17. The number of hydrogen-bond donors (Lipinski definition) is 0. The fraction of sp³-hybridized carbons (Fsp3) is 0.0448. The highest BCUT2D eigenvalue weighted by Crippen LogP contribution is 2.53. The van der Waals surface area contributed by atoms with Crippen molar-refractivity contribution in [2.75, 3.05) is 9.80 Å². The van der Waals surface area contributed by atoms with Crippen molar-refractivity contribution in [3.05, 3.63) is 266 Å². The SMILES string of the molecule is CC1(C)c2ccccc2-c2ccc(N(c3cc(-c4cc(-c5ccccc5)c5ccccc5c4-c4ccccc4)cc(N(c4ccccc4)c4ccccc4)c3)c3cccc4c3oc3ccccc34)cc21. The largest absolute Gasteiger partial charge is 0.454 e. The van der Waals surface area contributed by atoms with Gasteiger partial charge in [-0.1, -0.05) is 196 Å². The summed E-state index contributed by atoms with van der Waals surface area (Å²) in [5.74, 6) is 0. The van der Waals surface area contributed by atoms with Gasteiger partial charge in [0.15, 0.2) is 5.58 Å². The van der Waals surface area contributed by atoms with Crippen LogP contribution in [0.1, 0.15) is 25.0 Å². The Balaban J connectivity index is 1.16. The van der Waals surface area contributed by atoms with E-state index in [1.807, 2.05) is 0 Å². The number of rotatable bonds is 9. The maximum Gasteiger partial charge on any atom is 0.159 e. The zero-order chi connectivity index (χ0) is 46.8. The van der Waals surface area contributed by atoms with E-state index in [-0.39, 0.29) is 5.41 Å². The molecule has 13 rings (SSSR count). The zero-order valence-corrected chi connectivity index (χ0v) is 39.1. The summed E-state index contributed by atoms with van der Waals surface area (Å²) in [6, 6.07) is 92.6. The van der Waals surface area contributed by atoms with Gasteiger partial charge < -0.3 is 14.2 Å². The Morgan fingerprint density at radius 1 is 0.314 bits per heavy atom. The van der Waals surface area contributed by atoms with Crippen LogP contribution in [0.5, 0.6) is 0 Å². The Bertz CT molecular complexity index is 3870. The molecular formula is C67H48N2O. The molecule has 1 aliphatic rings. The molecule has 1 aromatic heterocycles. The van der Waals surface area contributed by atoms with Gasteiger partial charge >= 0.3 is 0 Å². The first-order chi connectivity index (χ1) is 34.5. The molecule has 0 amide bonds. The van der Waals surface area contributed by atoms with E-state index >= 15 is 0 Å². The third kappa shape index (κ3) is 6.81. The number of para-hydroxylation sites is 4. The second-order valence-electron chi connectivity index (χ2n) is 18.9. The third-order valence-corrected chi connectivity index (χ3v) is 14.4. The van der Waals surface area contributed by atoms with Gasteiger partial charge in [-0.3, -0.25) is 0 Å². The van der Waals surface area contributed by atoms with Crippen LogP contribution in [-0.4, -0.2) is 0 Å². The second kappa shape index (κ2) is 16.7. The average Bonchev–Trinajstić information content (AvgIpc) is 3.91. The van der Waals surface area contributed by atoms with Gasteiger partial charge in [0.2, 0.25) is 0 Å². The van der Waals surface area contributed by atoms with E-state index in [2.05, 4.69) is 278 Å². The quantitative estimate of drug-likeness (QED) is 0.144. The van der Waals surface area contributed by atoms with Crippen molar-refractivity contribution in [2.24, 2.45) is 0 Å². The molecule has 0 N–H and O–H groups in total. The predicted molar refractivity (Wildman–Crippen MR) is 294 cm³/mol. The Morgan fingerprint density at radius 3 is 1.59 bits per heavy atom. The molecule has 1 aliphatic carbocycles. The van der Waals surface area contributed by atoms with Crippen molar-refractivity contribution in [3.63, 3.8) is 0 Å². The molecule has 0 spiro atoms. The summed E-state index contributed by atoms with van der Waals surface area (Å²) in [7, 11) is 0. The van der Waals surface area contributed by atoms with Crippen molar-refractivity contribution in [1.82, 2.24) is 0 Å². The van der Waals surface area contributed by atoms with E-state index in [1.165, 1.54) is 49.7 Å². The van der Waals surface area contributed by atoms with E-state index in [1.54, 1.807) is 0 Å². The van der Waals surface area contributed by atoms with E-state index in [4.69, 9.17) is 4.42 Å². The van der Waals surface area contributed by atoms with Crippen LogP contribution in [0.2, 0.25) is 0 Å². The molecule has 70 heavy (non-hydrogen) atoms. The fourth-order valence-electron chi connectivity index (χ4n) is 11.2. The van der Waals surface area contributed by atoms with Gasteiger partial charge in [-0.25, -0.2) is 0 Å². The lowest BCUT2D eigenvalue weighted by Gasteiger charge is -2.31. The van der Waals surface area contributed by atoms with Crippen LogP contribution in [-0.2, 0) is 5.41 Å². The minimum absolute atomic E-state index is 0.215. The lowest BCUT2D eigenvalue weighted by atomic mass is 9.82. The number of hydrogen-bond acceptors (Lipinski definition) is 3. The summed E-state index contributed by atoms with van der Waals surface area (Å²) in [4.78, 5) is 4.82. The summed E-state index contributed by atoms with van der Waals surface area (Å²) in [6.07, 6.45) is 0. The van der Waals surface area contributed by atoms with Gasteiger partial charge in [0.25, 0.3) is 0 Å². The van der Waals surface area contributed by atoms with Crippen LogP contribution in [0.3, 0.4) is 0 Å². The summed E-state index contributed by atoms with van der Waals surface area (Å²) in [5.41, 5.74) is 19.8. The predicted octanol–water partition coefficient (Wildman–Crippen LogP) is 19.0. The van der Waals surface area contributed by atoms with E-state index in [0.29, 0.717) is 0 Å². The van der Waals surface area contributed by atoms with Crippen molar-refractivity contribution >= 4 is 66.8 Å². The van der Waals surface area contributed by atoms with Gasteiger partial charge in [0, 0.05) is 44.6 Å². The van der Waals surface area contributed by atoms with Crippen LogP contribution in [0.4, 0.5) is 34.1 Å². The molecule has 0 fully saturated rings. The normalized spacial score (nSPS) is 12.5. The number of benzene rings is 11. The van der Waals surface area contributed by atoms with Gasteiger partial charge in [-0.05, 0) is 139 Å². The van der Waals surface area contributed by atoms with Crippen LogP contribution in [0, 0.1) is 0 Å². The molecule has 0 atom stereocenters. The highest BCUT2D eigenvalue weighted by molar-refractivity contribution is 6.13. The molecule has 12 aromatic rings. The molecule has 3 nitrogen and oxygen atoms in total. The standard InChI is InChI=1S/C67H48N2O/c1-67(2)61-35-19-17-31-54(61)55-39-38-50(43-62(55)67)69(63-36-21-34-58-56-32-18-20-37-64(56)70-66(58)63)52-41-47(40-51(42-52)68(48-26-11-5-12-27-48)49-28-13-6-14-29-49)60-44-59(45-22-7-3-8-23-45)53-30-15-16-33-57(53)65(60)46-24-9-4-10-25-46/h3-44H,1-2H3. The molecule has 0 radical (unpaired) electrons. The number of fused-ring (bicyclic) bond motifs is 7. The van der Waals surface area contributed by atoms with Crippen molar-refractivity contribution < 1.29 is 4.42 Å². The topological polar surface area (TPSA) is 19.6 Å². The molecule has 3 heteroatoms. The van der Waals surface area contributed by atoms with Gasteiger partial charge in [0.05, 0.1) is 5.69 Å². The average molecular weight is 897 g/mol. The van der Waals surface area contributed by atoms with Gasteiger partial charge in [-0.2, -0.15) is 0 Å². The molecule has 0 unspecified atom stereocenters. The summed E-state index contributed by atoms with van der Waals surface area (Å²) in [6.45, 7) is 4.72. The maximum absolute atomic E-state index is 6.96. The summed E-state index contributed by atoms with van der Waals surface area (Å²) in [5, 5.41) is 4.58. The molecule has 0 bridgehead atoms. The van der Waals surface area contributed by atoms with E-state index in [9.17, 15) is 0 Å². The Hall–Kier alpha value is -8.92. The molecule has 0 saturated carbocycles. The van der Waals surface area contributed by atoms with Crippen molar-refractivity contribution in [2.45, 2.75) is 19.3 Å². The Labute approximate surface area is 408 Å². The highest BCUT2D eigenvalue weighted by Gasteiger charge is 2.36. The van der Waals surface area contributed by atoms with Crippen molar-refractivity contribution in [3.8, 4) is 44.5 Å². The highest BCUT2D eigenvalue weighted by atomic mass is 16.3. The van der Waals surface area contributed by atoms with Crippen LogP contribution in [0.15, 0.2) is 259 Å². The molecule has 11 aromatic carbocycles. The number of furan rings is 1. The van der Waals surface area contributed by atoms with Crippen molar-refractivity contribution in [1.29, 1.82) is 0 Å². The third-order valence-electron chi connectivity index (χ3n) is 14.4. The first kappa shape index (κ1) is 41.3. The summed E-state index contributed by atoms with van der Waals surface area (Å²) >= 11 is 0. The monoisotopic (exact) mass is 896 g/mol. The molecule has 0 saturated heterocycles. The Kier molecular flexibility index (Phi) is 9.85. The van der Waals surface area contributed by atoms with Gasteiger partial charge in [0.1, 0.15) is 5.58 Å². The van der Waals surface area contributed by atoms with Gasteiger partial charge in [-0.15, -0.1) is 0 Å². The van der Waals surface area contributed by atoms with Crippen LogP contribution < -0.4 is 9.80 Å². The zero-order valence-electron chi connectivity index (χ0n) is 39.1. The minimum Gasteiger partial charge on any atom is -0.454 e. The second-order valence-corrected chi connectivity index (χ2v) is 18.9. The lowest BCUT2D eigenvalue weighted by molar-refractivity contribution is 0.660. The number of nitrogens with zero attached hydrogens (tertiary/aromatic N) is 2. The maximum atomic E-state index is 6.96. The van der Waals surface area contributed by atoms with E-state index in [0.717, 1.165) is 72.8 Å². The Morgan fingerprint density at radius 2 is 0.871 bits per heavy atom. The summed E-state index contributed by atoms with van der Waals surface area (Å²) < 4.78 is 6.96. The smallest absolute Gasteiger partial charge is 0.159 e. The molecule has 0 aliphatic heterocycles. The van der Waals surface area contributed by atoms with E-state index < -0.39 is 0 Å². The minimum atomic E-state index is -0.215. The van der Waals surface area contributed by atoms with Crippen LogP contribution >= 0.6 is 0 Å². The number of anilines is 6.